The van der Waals surface area contributed by atoms with Crippen LogP contribution in [0.3, 0.4) is 0 Å². The van der Waals surface area contributed by atoms with Gasteiger partial charge in [-0.1, -0.05) is 0 Å². The summed E-state index contributed by atoms with van der Waals surface area (Å²) in [6.07, 6.45) is 1.39. The van der Waals surface area contributed by atoms with Gasteiger partial charge in [0.05, 0.1) is 18.0 Å². The molecule has 0 saturated carbocycles. The number of primary amides is 1. The monoisotopic (exact) mass is 390 g/mol. The fourth-order valence-corrected chi connectivity index (χ4v) is 3.70. The number of hydrogen-bond acceptors (Lipinski definition) is 5. The van der Waals surface area contributed by atoms with Gasteiger partial charge in [-0.25, -0.2) is 9.37 Å². The number of rotatable bonds is 5. The van der Waals surface area contributed by atoms with Crippen molar-refractivity contribution in [2.24, 2.45) is 11.7 Å². The molecular formula is C18H19FN4O3S. The average molecular weight is 390 g/mol. The van der Waals surface area contributed by atoms with E-state index in [2.05, 4.69) is 10.3 Å². The van der Waals surface area contributed by atoms with Crippen molar-refractivity contribution in [2.75, 3.05) is 18.4 Å². The number of nitrogens with zero attached hydrogens (tertiary/aromatic N) is 2. The van der Waals surface area contributed by atoms with E-state index in [9.17, 15) is 18.8 Å². The SMILES string of the molecule is NC(=O)Cc1csc(NC(=O)[C@H]2CCCN(C(=O)c3ccc(F)cc3)C2)n1. The minimum absolute atomic E-state index is 0.0236. The van der Waals surface area contributed by atoms with Crippen molar-refractivity contribution in [1.29, 1.82) is 0 Å². The number of anilines is 1. The van der Waals surface area contributed by atoms with E-state index < -0.39 is 11.7 Å². The van der Waals surface area contributed by atoms with Crippen molar-refractivity contribution in [3.63, 3.8) is 0 Å². The molecule has 142 valence electrons. The third kappa shape index (κ3) is 4.88. The Labute approximate surface area is 159 Å². The van der Waals surface area contributed by atoms with Gasteiger partial charge in [-0.2, -0.15) is 0 Å². The molecule has 0 unspecified atom stereocenters. The number of nitrogens with one attached hydrogen (secondary N) is 1. The zero-order valence-electron chi connectivity index (χ0n) is 14.5. The highest BCUT2D eigenvalue weighted by molar-refractivity contribution is 7.13. The molecule has 3 rings (SSSR count). The van der Waals surface area contributed by atoms with E-state index in [4.69, 9.17) is 5.73 Å². The van der Waals surface area contributed by atoms with E-state index in [1.54, 1.807) is 10.3 Å². The molecule has 0 radical (unpaired) electrons. The molecule has 9 heteroatoms. The lowest BCUT2D eigenvalue weighted by molar-refractivity contribution is -0.121. The number of carbonyl (C=O) groups is 3. The van der Waals surface area contributed by atoms with Gasteiger partial charge in [0.1, 0.15) is 5.82 Å². The number of halogens is 1. The normalized spacial score (nSPS) is 16.8. The van der Waals surface area contributed by atoms with Crippen LogP contribution in [0.1, 0.15) is 28.9 Å². The fraction of sp³-hybridized carbons (Fsp3) is 0.333. The van der Waals surface area contributed by atoms with E-state index >= 15 is 0 Å². The van der Waals surface area contributed by atoms with E-state index in [1.165, 1.54) is 35.6 Å². The minimum atomic E-state index is -0.486. The third-order valence-electron chi connectivity index (χ3n) is 4.31. The topological polar surface area (TPSA) is 105 Å². The zero-order chi connectivity index (χ0) is 19.4. The van der Waals surface area contributed by atoms with Crippen molar-refractivity contribution in [2.45, 2.75) is 19.3 Å². The van der Waals surface area contributed by atoms with Crippen LogP contribution >= 0.6 is 11.3 Å². The molecule has 1 aliphatic heterocycles. The van der Waals surface area contributed by atoms with Crippen molar-refractivity contribution in [1.82, 2.24) is 9.88 Å². The van der Waals surface area contributed by atoms with Gasteiger partial charge in [0.2, 0.25) is 11.8 Å². The predicted molar refractivity (Wildman–Crippen MR) is 98.7 cm³/mol. The lowest BCUT2D eigenvalue weighted by atomic mass is 9.96. The van der Waals surface area contributed by atoms with Crippen molar-refractivity contribution >= 4 is 34.2 Å². The summed E-state index contributed by atoms with van der Waals surface area (Å²) in [5, 5.41) is 4.81. The summed E-state index contributed by atoms with van der Waals surface area (Å²) in [6.45, 7) is 0.849. The van der Waals surface area contributed by atoms with Gasteiger partial charge in [0.25, 0.3) is 5.91 Å². The molecule has 27 heavy (non-hydrogen) atoms. The summed E-state index contributed by atoms with van der Waals surface area (Å²) < 4.78 is 13.0. The largest absolute Gasteiger partial charge is 0.369 e. The molecule has 3 N–H and O–H groups in total. The minimum Gasteiger partial charge on any atom is -0.369 e. The van der Waals surface area contributed by atoms with Gasteiger partial charge >= 0.3 is 0 Å². The number of hydrogen-bond donors (Lipinski definition) is 2. The van der Waals surface area contributed by atoms with Crippen LogP contribution in [0.5, 0.6) is 0 Å². The molecule has 1 aromatic carbocycles. The number of aromatic nitrogens is 1. The Hall–Kier alpha value is -2.81. The summed E-state index contributed by atoms with van der Waals surface area (Å²) in [6, 6.07) is 5.37. The van der Waals surface area contributed by atoms with Crippen LogP contribution in [0.15, 0.2) is 29.6 Å². The predicted octanol–water partition coefficient (Wildman–Crippen LogP) is 1.80. The summed E-state index contributed by atoms with van der Waals surface area (Å²) in [7, 11) is 0. The lowest BCUT2D eigenvalue weighted by Crippen LogP contribution is -2.43. The molecule has 7 nitrogen and oxygen atoms in total. The first-order valence-electron chi connectivity index (χ1n) is 8.51. The van der Waals surface area contributed by atoms with Crippen molar-refractivity contribution in [3.8, 4) is 0 Å². The second-order valence-corrected chi connectivity index (χ2v) is 7.23. The fourth-order valence-electron chi connectivity index (χ4n) is 2.98. The molecule has 1 atom stereocenters. The van der Waals surface area contributed by atoms with Gasteiger partial charge in [0.15, 0.2) is 5.13 Å². The quantitative estimate of drug-likeness (QED) is 0.812. The molecule has 1 fully saturated rings. The van der Waals surface area contributed by atoms with Crippen LogP contribution < -0.4 is 11.1 Å². The van der Waals surface area contributed by atoms with Gasteiger partial charge in [-0.05, 0) is 37.1 Å². The number of thiazole rings is 1. The standard InChI is InChI=1S/C18H19FN4O3S/c19-13-5-3-11(4-6-13)17(26)23-7-1-2-12(9-23)16(25)22-18-21-14(10-27-18)8-15(20)24/h3-6,10,12H,1-2,7-9H2,(H2,20,24)(H,21,22,25)/t12-/m0/s1. The molecular weight excluding hydrogens is 371 g/mol. The van der Waals surface area contributed by atoms with E-state index in [1.807, 2.05) is 0 Å². The molecule has 2 aromatic rings. The van der Waals surface area contributed by atoms with E-state index in [0.29, 0.717) is 42.3 Å². The van der Waals surface area contributed by atoms with E-state index in [0.717, 1.165) is 0 Å². The lowest BCUT2D eigenvalue weighted by Gasteiger charge is -2.32. The van der Waals surface area contributed by atoms with Crippen molar-refractivity contribution in [3.05, 3.63) is 46.7 Å². The van der Waals surface area contributed by atoms with Crippen LogP contribution in [-0.2, 0) is 16.0 Å². The zero-order valence-corrected chi connectivity index (χ0v) is 15.3. The number of piperidine rings is 1. The number of nitrogens with two attached hydrogens (primary N) is 1. The van der Waals surface area contributed by atoms with Crippen LogP contribution in [0.4, 0.5) is 9.52 Å². The molecule has 1 aliphatic rings. The number of carbonyl (C=O) groups excluding carboxylic acids is 3. The second-order valence-electron chi connectivity index (χ2n) is 6.37. The average Bonchev–Trinajstić information content (AvgIpc) is 3.08. The molecule has 3 amide bonds. The number of amides is 3. The third-order valence-corrected chi connectivity index (χ3v) is 5.11. The van der Waals surface area contributed by atoms with Gasteiger partial charge < -0.3 is 16.0 Å². The second kappa shape index (κ2) is 8.26. The van der Waals surface area contributed by atoms with Crippen LogP contribution in [0.2, 0.25) is 0 Å². The maximum Gasteiger partial charge on any atom is 0.253 e. The smallest absolute Gasteiger partial charge is 0.253 e. The van der Waals surface area contributed by atoms with Crippen molar-refractivity contribution < 1.29 is 18.8 Å². The molecule has 2 heterocycles. The van der Waals surface area contributed by atoms with Gasteiger partial charge in [-0.3, -0.25) is 14.4 Å². The number of benzene rings is 1. The first-order valence-corrected chi connectivity index (χ1v) is 9.39. The Bertz CT molecular complexity index is 853. The Kier molecular flexibility index (Phi) is 5.80. The summed E-state index contributed by atoms with van der Waals surface area (Å²) >= 11 is 1.22. The molecule has 0 aliphatic carbocycles. The Morgan fingerprint density at radius 1 is 1.30 bits per heavy atom. The summed E-state index contributed by atoms with van der Waals surface area (Å²) in [4.78, 5) is 41.8. The van der Waals surface area contributed by atoms with Gasteiger partial charge in [0, 0.05) is 24.0 Å². The van der Waals surface area contributed by atoms with Crippen LogP contribution in [0.25, 0.3) is 0 Å². The Morgan fingerprint density at radius 3 is 2.74 bits per heavy atom. The highest BCUT2D eigenvalue weighted by Crippen LogP contribution is 2.22. The maximum absolute atomic E-state index is 13.0. The molecule has 0 spiro atoms. The Balaban J connectivity index is 1.60. The maximum atomic E-state index is 13.0. The van der Waals surface area contributed by atoms with Gasteiger partial charge in [-0.15, -0.1) is 11.3 Å². The van der Waals surface area contributed by atoms with Crippen LogP contribution in [-0.4, -0.2) is 40.7 Å². The Morgan fingerprint density at radius 2 is 2.04 bits per heavy atom. The molecule has 1 saturated heterocycles. The molecule has 0 bridgehead atoms. The number of likely N-dealkylation sites (tertiary alicyclic amines) is 1. The first-order chi connectivity index (χ1) is 12.9. The van der Waals surface area contributed by atoms with Crippen LogP contribution in [0, 0.1) is 11.7 Å². The summed E-state index contributed by atoms with van der Waals surface area (Å²) in [5.41, 5.74) is 6.04. The van der Waals surface area contributed by atoms with E-state index in [-0.39, 0.29) is 24.2 Å². The highest BCUT2D eigenvalue weighted by Gasteiger charge is 2.29. The molecule has 1 aromatic heterocycles. The highest BCUT2D eigenvalue weighted by atomic mass is 32.1. The summed E-state index contributed by atoms with van der Waals surface area (Å²) in [5.74, 6) is -1.68. The first kappa shape index (κ1) is 19.0.